The van der Waals surface area contributed by atoms with Gasteiger partial charge in [-0.25, -0.2) is 0 Å². The molecule has 2 aromatic heterocycles. The van der Waals surface area contributed by atoms with Gasteiger partial charge in [0.2, 0.25) is 5.13 Å². The van der Waals surface area contributed by atoms with Crippen LogP contribution in [0.4, 0.5) is 10.8 Å². The summed E-state index contributed by atoms with van der Waals surface area (Å²) in [6, 6.07) is 10.1. The minimum absolute atomic E-state index is 0.134. The van der Waals surface area contributed by atoms with E-state index in [1.165, 1.54) is 34.4 Å². The number of hydrogen-bond donors (Lipinski definition) is 2. The molecule has 0 saturated heterocycles. The molecule has 0 saturated carbocycles. The first-order chi connectivity index (χ1) is 14.0. The molecule has 1 aromatic carbocycles. The molecule has 29 heavy (non-hydrogen) atoms. The predicted molar refractivity (Wildman–Crippen MR) is 114 cm³/mol. The number of nitrogens with one attached hydrogen (secondary N) is 2. The Bertz CT molecular complexity index is 987. The Labute approximate surface area is 178 Å². The zero-order valence-corrected chi connectivity index (χ0v) is 17.7. The fraction of sp³-hybridized carbons (Fsp3) is 0.167. The summed E-state index contributed by atoms with van der Waals surface area (Å²) in [7, 11) is 0. The van der Waals surface area contributed by atoms with Crippen molar-refractivity contribution in [3.8, 4) is 0 Å². The molecule has 3 aromatic rings. The highest BCUT2D eigenvalue weighted by Gasteiger charge is 2.13. The fourth-order valence-corrected chi connectivity index (χ4v) is 4.28. The van der Waals surface area contributed by atoms with Gasteiger partial charge in [0.15, 0.2) is 4.34 Å². The van der Waals surface area contributed by atoms with E-state index in [1.807, 2.05) is 5.38 Å². The smallest absolute Gasteiger partial charge is 0.316 e. The molecule has 0 spiro atoms. The number of amides is 2. The number of nitrogens with zero attached hydrogens (tertiary/aromatic N) is 2. The van der Waals surface area contributed by atoms with Gasteiger partial charge in [-0.1, -0.05) is 29.2 Å². The third-order valence-electron chi connectivity index (χ3n) is 3.40. The summed E-state index contributed by atoms with van der Waals surface area (Å²) in [4.78, 5) is 36.4. The van der Waals surface area contributed by atoms with Crippen LogP contribution in [0.1, 0.15) is 27.0 Å². The summed E-state index contributed by atoms with van der Waals surface area (Å²) < 4.78 is 5.40. The van der Waals surface area contributed by atoms with E-state index in [0.717, 1.165) is 0 Å². The highest BCUT2D eigenvalue weighted by atomic mass is 32.2. The van der Waals surface area contributed by atoms with Gasteiger partial charge in [-0.3, -0.25) is 19.7 Å². The molecule has 0 aliphatic rings. The summed E-state index contributed by atoms with van der Waals surface area (Å²) in [6.07, 6.45) is 0. The number of benzene rings is 1. The number of aromatic nitrogens is 2. The van der Waals surface area contributed by atoms with Crippen LogP contribution in [0.2, 0.25) is 0 Å². The molecule has 11 heteroatoms. The monoisotopic (exact) mass is 448 g/mol. The summed E-state index contributed by atoms with van der Waals surface area (Å²) in [5.74, 6) is -0.739. The molecule has 0 atom stereocenters. The van der Waals surface area contributed by atoms with Gasteiger partial charge in [0.05, 0.1) is 17.2 Å². The van der Waals surface area contributed by atoms with Crippen LogP contribution in [-0.4, -0.2) is 40.3 Å². The van der Waals surface area contributed by atoms with E-state index in [1.54, 1.807) is 43.3 Å². The molecule has 8 nitrogen and oxygen atoms in total. The Kier molecular flexibility index (Phi) is 7.33. The molecule has 2 amide bonds. The lowest BCUT2D eigenvalue weighted by atomic mass is 10.2. The number of carbonyl (C=O) groups excluding carboxylic acids is 3. The molecule has 3 rings (SSSR count). The first-order valence-electron chi connectivity index (χ1n) is 8.43. The summed E-state index contributed by atoms with van der Waals surface area (Å²) in [5.41, 5.74) is 1.00. The normalized spacial score (nSPS) is 10.4. The number of hydrogen-bond acceptors (Lipinski definition) is 9. The molecular weight excluding hydrogens is 432 g/mol. The molecule has 0 radical (unpaired) electrons. The molecule has 0 unspecified atom stereocenters. The predicted octanol–water partition coefficient (Wildman–Crippen LogP) is 3.76. The maximum Gasteiger partial charge on any atom is 0.316 e. The van der Waals surface area contributed by atoms with Crippen molar-refractivity contribution in [2.75, 3.05) is 23.0 Å². The molecular formula is C18H16N4O4S3. The van der Waals surface area contributed by atoms with Gasteiger partial charge in [0, 0.05) is 11.3 Å². The van der Waals surface area contributed by atoms with Crippen LogP contribution in [0.3, 0.4) is 0 Å². The third kappa shape index (κ3) is 6.11. The van der Waals surface area contributed by atoms with Crippen LogP contribution in [0.25, 0.3) is 0 Å². The van der Waals surface area contributed by atoms with Crippen molar-refractivity contribution < 1.29 is 19.1 Å². The lowest BCUT2D eigenvalue weighted by Crippen LogP contribution is -2.13. The van der Waals surface area contributed by atoms with Gasteiger partial charge >= 0.3 is 5.97 Å². The highest BCUT2D eigenvalue weighted by Crippen LogP contribution is 2.26. The summed E-state index contributed by atoms with van der Waals surface area (Å²) >= 11 is 3.72. The van der Waals surface area contributed by atoms with E-state index in [0.29, 0.717) is 32.2 Å². The maximum atomic E-state index is 12.4. The largest absolute Gasteiger partial charge is 0.465 e. The Morgan fingerprint density at radius 1 is 1.07 bits per heavy atom. The maximum absolute atomic E-state index is 12.4. The van der Waals surface area contributed by atoms with Crippen LogP contribution in [0.5, 0.6) is 0 Å². The Balaban J connectivity index is 1.53. The number of esters is 1. The number of anilines is 2. The minimum Gasteiger partial charge on any atom is -0.465 e. The van der Waals surface area contributed by atoms with Crippen molar-refractivity contribution in [3.05, 3.63) is 52.2 Å². The quantitative estimate of drug-likeness (QED) is 0.307. The van der Waals surface area contributed by atoms with Gasteiger partial charge in [-0.2, -0.15) is 0 Å². The number of carbonyl (C=O) groups is 3. The standard InChI is InChI=1S/C18H16N4O4S3/c1-2-26-14(23)10-28-18-22-21-17(29-18)20-15(24)11-5-7-12(8-6-11)19-16(25)13-4-3-9-27-13/h3-9H,2,10H2,1H3,(H,19,25)(H,20,21,24). The second-order valence-corrected chi connectivity index (χ2v) is 8.58. The van der Waals surface area contributed by atoms with Crippen LogP contribution >= 0.6 is 34.4 Å². The SMILES string of the molecule is CCOC(=O)CSc1nnc(NC(=O)c2ccc(NC(=O)c3cccs3)cc2)s1. The Morgan fingerprint density at radius 3 is 2.55 bits per heavy atom. The van der Waals surface area contributed by atoms with Crippen LogP contribution in [0, 0.1) is 0 Å². The summed E-state index contributed by atoms with van der Waals surface area (Å²) in [5, 5.41) is 15.4. The molecule has 150 valence electrons. The van der Waals surface area contributed by atoms with E-state index in [9.17, 15) is 14.4 Å². The first-order valence-corrected chi connectivity index (χ1v) is 11.1. The van der Waals surface area contributed by atoms with E-state index >= 15 is 0 Å². The average Bonchev–Trinajstić information content (AvgIpc) is 3.39. The first kappa shape index (κ1) is 21.0. The van der Waals surface area contributed by atoms with Crippen LogP contribution in [-0.2, 0) is 9.53 Å². The zero-order chi connectivity index (χ0) is 20.6. The fourth-order valence-electron chi connectivity index (χ4n) is 2.12. The topological polar surface area (TPSA) is 110 Å². The van der Waals surface area contributed by atoms with E-state index < -0.39 is 0 Å². The van der Waals surface area contributed by atoms with Gasteiger partial charge in [-0.15, -0.1) is 21.5 Å². The van der Waals surface area contributed by atoms with Crippen molar-refractivity contribution >= 4 is 63.0 Å². The van der Waals surface area contributed by atoms with E-state index in [-0.39, 0.29) is 23.5 Å². The molecule has 2 N–H and O–H groups in total. The van der Waals surface area contributed by atoms with Crippen molar-refractivity contribution in [1.82, 2.24) is 10.2 Å². The van der Waals surface area contributed by atoms with Gasteiger partial charge in [-0.05, 0) is 42.6 Å². The number of rotatable bonds is 8. The van der Waals surface area contributed by atoms with Gasteiger partial charge in [0.25, 0.3) is 11.8 Å². The minimum atomic E-state index is -0.348. The van der Waals surface area contributed by atoms with E-state index in [4.69, 9.17) is 4.74 Å². The van der Waals surface area contributed by atoms with Crippen LogP contribution < -0.4 is 10.6 Å². The Hall–Kier alpha value is -2.76. The number of thiophene rings is 1. The summed E-state index contributed by atoms with van der Waals surface area (Å²) in [6.45, 7) is 2.07. The van der Waals surface area contributed by atoms with Crippen molar-refractivity contribution in [3.63, 3.8) is 0 Å². The van der Waals surface area contributed by atoms with Gasteiger partial charge < -0.3 is 10.1 Å². The van der Waals surface area contributed by atoms with Crippen LogP contribution in [0.15, 0.2) is 46.1 Å². The van der Waals surface area contributed by atoms with Crippen molar-refractivity contribution in [2.24, 2.45) is 0 Å². The van der Waals surface area contributed by atoms with Gasteiger partial charge in [0.1, 0.15) is 0 Å². The Morgan fingerprint density at radius 2 is 1.86 bits per heavy atom. The lowest BCUT2D eigenvalue weighted by Gasteiger charge is -2.05. The second kappa shape index (κ2) is 10.1. The second-order valence-electron chi connectivity index (χ2n) is 5.43. The molecule has 0 bridgehead atoms. The number of thioether (sulfide) groups is 1. The van der Waals surface area contributed by atoms with Crippen molar-refractivity contribution in [1.29, 1.82) is 0 Å². The zero-order valence-electron chi connectivity index (χ0n) is 15.2. The number of ether oxygens (including phenoxy) is 1. The third-order valence-corrected chi connectivity index (χ3v) is 6.21. The van der Waals surface area contributed by atoms with Crippen molar-refractivity contribution in [2.45, 2.75) is 11.3 Å². The lowest BCUT2D eigenvalue weighted by molar-refractivity contribution is -0.139. The average molecular weight is 449 g/mol. The molecule has 0 aliphatic carbocycles. The molecule has 2 heterocycles. The van der Waals surface area contributed by atoms with E-state index in [2.05, 4.69) is 20.8 Å². The molecule has 0 aliphatic heterocycles. The highest BCUT2D eigenvalue weighted by molar-refractivity contribution is 8.01. The molecule has 0 fully saturated rings.